The SMILES string of the molecule is Cc1ccc(N2CN(c3cccc(C(F)(F)F)c3)C3=NN=CC3=C2N)cc1. The van der Waals surface area contributed by atoms with Crippen molar-refractivity contribution in [3.8, 4) is 0 Å². The molecule has 2 aliphatic rings. The zero-order valence-corrected chi connectivity index (χ0v) is 14.4. The second-order valence-corrected chi connectivity index (χ2v) is 6.35. The van der Waals surface area contributed by atoms with Crippen molar-refractivity contribution in [3.05, 3.63) is 71.1 Å². The maximum absolute atomic E-state index is 13.1. The average molecular weight is 371 g/mol. The van der Waals surface area contributed by atoms with Crippen LogP contribution >= 0.6 is 0 Å². The highest BCUT2D eigenvalue weighted by Gasteiger charge is 2.34. The smallest absolute Gasteiger partial charge is 0.384 e. The fourth-order valence-electron chi connectivity index (χ4n) is 3.06. The molecule has 4 rings (SSSR count). The summed E-state index contributed by atoms with van der Waals surface area (Å²) in [5.41, 5.74) is 8.47. The van der Waals surface area contributed by atoms with Crippen LogP contribution in [0.25, 0.3) is 0 Å². The van der Waals surface area contributed by atoms with Crippen LogP contribution in [0.5, 0.6) is 0 Å². The monoisotopic (exact) mass is 371 g/mol. The fraction of sp³-hybridized carbons (Fsp3) is 0.158. The molecule has 0 aliphatic carbocycles. The first-order valence-electron chi connectivity index (χ1n) is 8.25. The summed E-state index contributed by atoms with van der Waals surface area (Å²) in [6.07, 6.45) is -2.90. The summed E-state index contributed by atoms with van der Waals surface area (Å²) in [5.74, 6) is 0.900. The van der Waals surface area contributed by atoms with Gasteiger partial charge >= 0.3 is 6.18 Å². The summed E-state index contributed by atoms with van der Waals surface area (Å²) in [5, 5.41) is 7.97. The Hall–Kier alpha value is -3.29. The van der Waals surface area contributed by atoms with Crippen LogP contribution in [-0.4, -0.2) is 18.7 Å². The van der Waals surface area contributed by atoms with Crippen molar-refractivity contribution < 1.29 is 13.2 Å². The van der Waals surface area contributed by atoms with Crippen LogP contribution < -0.4 is 15.5 Å². The van der Waals surface area contributed by atoms with Crippen LogP contribution in [0.1, 0.15) is 11.1 Å². The summed E-state index contributed by atoms with van der Waals surface area (Å²) >= 11 is 0. The summed E-state index contributed by atoms with van der Waals surface area (Å²) in [6.45, 7) is 2.20. The molecule has 0 bridgehead atoms. The summed E-state index contributed by atoms with van der Waals surface area (Å²) in [7, 11) is 0. The van der Waals surface area contributed by atoms with Crippen LogP contribution in [0.4, 0.5) is 24.5 Å². The quantitative estimate of drug-likeness (QED) is 0.872. The number of aryl methyl sites for hydroxylation is 1. The van der Waals surface area contributed by atoms with Crippen LogP contribution in [0.3, 0.4) is 0 Å². The molecule has 2 heterocycles. The Balaban J connectivity index is 1.78. The van der Waals surface area contributed by atoms with E-state index in [1.165, 1.54) is 12.3 Å². The molecule has 0 fully saturated rings. The van der Waals surface area contributed by atoms with Gasteiger partial charge in [0.2, 0.25) is 0 Å². The molecule has 0 radical (unpaired) electrons. The van der Waals surface area contributed by atoms with E-state index < -0.39 is 11.7 Å². The molecule has 0 aromatic heterocycles. The lowest BCUT2D eigenvalue weighted by atomic mass is 10.1. The van der Waals surface area contributed by atoms with E-state index in [9.17, 15) is 13.2 Å². The maximum Gasteiger partial charge on any atom is 0.416 e. The second-order valence-electron chi connectivity index (χ2n) is 6.35. The standard InChI is InChI=1S/C19H16F3N5/c1-12-5-7-14(8-6-12)26-11-27(18-16(17(26)23)10-24-25-18)15-4-2-3-13(9-15)19(20,21)22/h2-10H,11,23H2,1H3. The van der Waals surface area contributed by atoms with Crippen molar-refractivity contribution >= 4 is 23.4 Å². The van der Waals surface area contributed by atoms with Gasteiger partial charge in [-0.05, 0) is 37.3 Å². The molecule has 2 aromatic carbocycles. The largest absolute Gasteiger partial charge is 0.416 e. The molecule has 0 atom stereocenters. The molecular weight excluding hydrogens is 355 g/mol. The number of alkyl halides is 3. The Bertz CT molecular complexity index is 974. The van der Waals surface area contributed by atoms with Gasteiger partial charge in [-0.15, -0.1) is 5.10 Å². The molecule has 0 saturated carbocycles. The van der Waals surface area contributed by atoms with Crippen LogP contribution in [0.2, 0.25) is 0 Å². The summed E-state index contributed by atoms with van der Waals surface area (Å²) in [6, 6.07) is 12.9. The molecule has 0 amide bonds. The molecule has 0 saturated heterocycles. The van der Waals surface area contributed by atoms with Gasteiger partial charge in [-0.3, -0.25) is 0 Å². The lowest BCUT2D eigenvalue weighted by Crippen LogP contribution is -2.49. The first-order valence-corrected chi connectivity index (χ1v) is 8.25. The Labute approximate surface area is 153 Å². The van der Waals surface area contributed by atoms with Crippen molar-refractivity contribution in [1.82, 2.24) is 0 Å². The number of fused-ring (bicyclic) bond motifs is 1. The zero-order chi connectivity index (χ0) is 19.2. The van der Waals surface area contributed by atoms with E-state index in [2.05, 4.69) is 10.2 Å². The Morgan fingerprint density at radius 1 is 1.00 bits per heavy atom. The number of anilines is 2. The lowest BCUT2D eigenvalue weighted by Gasteiger charge is -2.38. The minimum atomic E-state index is -4.42. The number of hydrogen-bond donors (Lipinski definition) is 1. The van der Waals surface area contributed by atoms with E-state index in [1.807, 2.05) is 36.1 Å². The summed E-state index contributed by atoms with van der Waals surface area (Å²) < 4.78 is 39.4. The third kappa shape index (κ3) is 3.03. The number of nitrogens with zero attached hydrogens (tertiary/aromatic N) is 4. The zero-order valence-electron chi connectivity index (χ0n) is 14.4. The van der Waals surface area contributed by atoms with Crippen molar-refractivity contribution in [3.63, 3.8) is 0 Å². The second kappa shape index (κ2) is 6.15. The van der Waals surface area contributed by atoms with E-state index in [4.69, 9.17) is 5.73 Å². The van der Waals surface area contributed by atoms with Gasteiger partial charge in [0.05, 0.1) is 17.4 Å². The van der Waals surface area contributed by atoms with Gasteiger partial charge in [-0.25, -0.2) is 0 Å². The normalized spacial score (nSPS) is 16.7. The molecule has 138 valence electrons. The number of amidine groups is 1. The third-order valence-corrected chi connectivity index (χ3v) is 4.52. The van der Waals surface area contributed by atoms with E-state index in [1.54, 1.807) is 11.0 Å². The number of benzene rings is 2. The van der Waals surface area contributed by atoms with E-state index in [0.717, 1.165) is 23.4 Å². The van der Waals surface area contributed by atoms with Gasteiger partial charge in [0, 0.05) is 11.4 Å². The van der Waals surface area contributed by atoms with E-state index >= 15 is 0 Å². The molecule has 2 aromatic rings. The maximum atomic E-state index is 13.1. The Morgan fingerprint density at radius 3 is 2.44 bits per heavy atom. The Morgan fingerprint density at radius 2 is 1.74 bits per heavy atom. The Kier molecular flexibility index (Phi) is 3.91. The van der Waals surface area contributed by atoms with Crippen molar-refractivity contribution in [2.75, 3.05) is 16.5 Å². The van der Waals surface area contributed by atoms with E-state index in [0.29, 0.717) is 22.9 Å². The predicted octanol–water partition coefficient (Wildman–Crippen LogP) is 3.87. The highest BCUT2D eigenvalue weighted by molar-refractivity contribution is 6.25. The molecule has 2 N–H and O–H groups in total. The average Bonchev–Trinajstić information content (AvgIpc) is 3.13. The molecule has 8 heteroatoms. The molecule has 5 nitrogen and oxygen atoms in total. The minimum absolute atomic E-state index is 0.224. The number of halogens is 3. The number of rotatable bonds is 2. The lowest BCUT2D eigenvalue weighted by molar-refractivity contribution is -0.137. The highest BCUT2D eigenvalue weighted by atomic mass is 19.4. The van der Waals surface area contributed by atoms with Crippen LogP contribution in [0, 0.1) is 6.92 Å². The highest BCUT2D eigenvalue weighted by Crippen LogP contribution is 2.34. The summed E-state index contributed by atoms with van der Waals surface area (Å²) in [4.78, 5) is 3.50. The van der Waals surface area contributed by atoms with Crippen molar-refractivity contribution in [1.29, 1.82) is 0 Å². The van der Waals surface area contributed by atoms with Gasteiger partial charge in [0.1, 0.15) is 12.5 Å². The van der Waals surface area contributed by atoms with Crippen LogP contribution in [0.15, 0.2) is 70.1 Å². The van der Waals surface area contributed by atoms with Crippen molar-refractivity contribution in [2.45, 2.75) is 13.1 Å². The van der Waals surface area contributed by atoms with Gasteiger partial charge in [-0.1, -0.05) is 23.8 Å². The molecular formula is C19H16F3N5. The van der Waals surface area contributed by atoms with Gasteiger partial charge in [0.15, 0.2) is 5.84 Å². The number of nitrogens with two attached hydrogens (primary N) is 1. The van der Waals surface area contributed by atoms with Gasteiger partial charge in [0.25, 0.3) is 0 Å². The van der Waals surface area contributed by atoms with Gasteiger partial charge in [-0.2, -0.15) is 18.3 Å². The molecule has 0 spiro atoms. The van der Waals surface area contributed by atoms with E-state index in [-0.39, 0.29) is 6.67 Å². The molecule has 0 unspecified atom stereocenters. The molecule has 27 heavy (non-hydrogen) atoms. The molecule has 2 aliphatic heterocycles. The van der Waals surface area contributed by atoms with Gasteiger partial charge < -0.3 is 15.5 Å². The van der Waals surface area contributed by atoms with Crippen molar-refractivity contribution in [2.24, 2.45) is 15.9 Å². The fourth-order valence-corrected chi connectivity index (χ4v) is 3.06. The number of hydrogen-bond acceptors (Lipinski definition) is 5. The first kappa shape index (κ1) is 17.1. The minimum Gasteiger partial charge on any atom is -0.384 e. The van der Waals surface area contributed by atoms with Crippen LogP contribution in [-0.2, 0) is 6.18 Å². The predicted molar refractivity (Wildman–Crippen MR) is 99.6 cm³/mol. The topological polar surface area (TPSA) is 57.2 Å². The third-order valence-electron chi connectivity index (χ3n) is 4.52. The first-order chi connectivity index (χ1) is 12.8.